The molecule has 0 aliphatic heterocycles. The van der Waals surface area contributed by atoms with E-state index in [4.69, 9.17) is 5.73 Å². The summed E-state index contributed by atoms with van der Waals surface area (Å²) in [6.07, 6.45) is 4.64. The predicted molar refractivity (Wildman–Crippen MR) is 108 cm³/mol. The standard InChI is InChI=1S/C21H23N5O2/c1-23-16-3-2-8-26(16)17-14-10-21(14,19(28)18(17)27)7-6-12-4-5-13-11-24-20(22)25-15(13)9-12/h2-5,8-9,11,14,17-19,27-28H,1,6-7,10H2,(H2,22,24,25)/t14-,17-,18+,19+,21+/m1/s1. The largest absolute Gasteiger partial charge is 0.390 e. The molecule has 2 saturated carbocycles. The van der Waals surface area contributed by atoms with E-state index >= 15 is 0 Å². The minimum Gasteiger partial charge on any atom is -0.390 e. The van der Waals surface area contributed by atoms with E-state index in [1.54, 1.807) is 6.20 Å². The minimum atomic E-state index is -0.796. The quantitative estimate of drug-likeness (QED) is 0.591. The molecule has 4 N–H and O–H groups in total. The molecule has 144 valence electrons. The Bertz CT molecular complexity index is 1060. The monoisotopic (exact) mass is 377 g/mol. The van der Waals surface area contributed by atoms with E-state index in [1.165, 1.54) is 0 Å². The molecule has 0 saturated heterocycles. The van der Waals surface area contributed by atoms with Gasteiger partial charge in [0.2, 0.25) is 5.95 Å². The van der Waals surface area contributed by atoms with Gasteiger partial charge >= 0.3 is 0 Å². The van der Waals surface area contributed by atoms with E-state index in [0.717, 1.165) is 41.5 Å². The van der Waals surface area contributed by atoms with Gasteiger partial charge in [-0.25, -0.2) is 15.0 Å². The molecule has 5 rings (SSSR count). The summed E-state index contributed by atoms with van der Waals surface area (Å²) in [5.74, 6) is 1.23. The Morgan fingerprint density at radius 2 is 2.18 bits per heavy atom. The van der Waals surface area contributed by atoms with E-state index in [0.29, 0.717) is 0 Å². The van der Waals surface area contributed by atoms with E-state index in [1.807, 2.05) is 35.0 Å². The fourth-order valence-electron chi connectivity index (χ4n) is 5.10. The first-order chi connectivity index (χ1) is 13.5. The van der Waals surface area contributed by atoms with Crippen LogP contribution < -0.4 is 5.73 Å². The molecule has 0 unspecified atom stereocenters. The third-order valence-corrected chi connectivity index (χ3v) is 6.64. The van der Waals surface area contributed by atoms with Gasteiger partial charge < -0.3 is 20.5 Å². The molecule has 2 aliphatic carbocycles. The van der Waals surface area contributed by atoms with Crippen LogP contribution in [0.4, 0.5) is 11.8 Å². The van der Waals surface area contributed by atoms with Crippen LogP contribution in [-0.2, 0) is 6.42 Å². The lowest BCUT2D eigenvalue weighted by Gasteiger charge is -2.25. The number of rotatable bonds is 5. The molecule has 5 atom stereocenters. The zero-order valence-corrected chi connectivity index (χ0v) is 15.4. The highest BCUT2D eigenvalue weighted by molar-refractivity contribution is 5.79. The van der Waals surface area contributed by atoms with Crippen molar-refractivity contribution >= 4 is 29.4 Å². The normalized spacial score (nSPS) is 31.1. The zero-order valence-electron chi connectivity index (χ0n) is 15.4. The summed E-state index contributed by atoms with van der Waals surface area (Å²) in [5, 5.41) is 22.5. The molecular formula is C21H23N5O2. The Kier molecular flexibility index (Phi) is 3.79. The number of aliphatic imine (C=N–C) groups is 1. The molecule has 7 heteroatoms. The van der Waals surface area contributed by atoms with Crippen molar-refractivity contribution in [1.82, 2.24) is 14.5 Å². The number of nitrogen functional groups attached to an aromatic ring is 1. The Hall–Kier alpha value is -2.77. The summed E-state index contributed by atoms with van der Waals surface area (Å²) in [6, 6.07) is 9.70. The van der Waals surface area contributed by atoms with Crippen molar-refractivity contribution in [2.45, 2.75) is 37.5 Å². The molecule has 2 fully saturated rings. The van der Waals surface area contributed by atoms with Gasteiger partial charge in [0, 0.05) is 23.2 Å². The zero-order chi connectivity index (χ0) is 19.5. The molecule has 2 aromatic heterocycles. The van der Waals surface area contributed by atoms with Gasteiger partial charge in [-0.05, 0) is 55.7 Å². The molecule has 7 nitrogen and oxygen atoms in total. The van der Waals surface area contributed by atoms with Crippen LogP contribution >= 0.6 is 0 Å². The number of nitrogens with zero attached hydrogens (tertiary/aromatic N) is 4. The molecule has 2 heterocycles. The predicted octanol–water partition coefficient (Wildman–Crippen LogP) is 2.26. The van der Waals surface area contributed by atoms with Crippen LogP contribution in [0.25, 0.3) is 10.9 Å². The van der Waals surface area contributed by atoms with Gasteiger partial charge in [0.05, 0.1) is 17.7 Å². The van der Waals surface area contributed by atoms with Gasteiger partial charge in [-0.2, -0.15) is 0 Å². The average Bonchev–Trinajstić information content (AvgIpc) is 3.14. The maximum Gasteiger partial charge on any atom is 0.220 e. The lowest BCUT2D eigenvalue weighted by Crippen LogP contribution is -2.34. The maximum atomic E-state index is 10.8. The first kappa shape index (κ1) is 17.3. The molecule has 0 radical (unpaired) electrons. The second-order valence-corrected chi connectivity index (χ2v) is 8.02. The third kappa shape index (κ3) is 2.47. The van der Waals surface area contributed by atoms with Crippen molar-refractivity contribution in [3.05, 3.63) is 48.3 Å². The van der Waals surface area contributed by atoms with Crippen LogP contribution in [0.1, 0.15) is 24.4 Å². The van der Waals surface area contributed by atoms with Crippen LogP contribution in [0.5, 0.6) is 0 Å². The second kappa shape index (κ2) is 6.12. The van der Waals surface area contributed by atoms with E-state index in [9.17, 15) is 10.2 Å². The smallest absolute Gasteiger partial charge is 0.220 e. The van der Waals surface area contributed by atoms with Gasteiger partial charge in [-0.15, -0.1) is 0 Å². The molecule has 3 aromatic rings. The van der Waals surface area contributed by atoms with Crippen LogP contribution in [0.2, 0.25) is 0 Å². The summed E-state index contributed by atoms with van der Waals surface area (Å²) < 4.78 is 1.95. The highest BCUT2D eigenvalue weighted by Gasteiger charge is 2.70. The summed E-state index contributed by atoms with van der Waals surface area (Å²) in [7, 11) is 0. The lowest BCUT2D eigenvalue weighted by molar-refractivity contribution is -0.0194. The summed E-state index contributed by atoms with van der Waals surface area (Å²) in [5.41, 5.74) is 7.42. The Morgan fingerprint density at radius 3 is 3.00 bits per heavy atom. The highest BCUT2D eigenvalue weighted by atomic mass is 16.3. The van der Waals surface area contributed by atoms with Gasteiger partial charge in [0.25, 0.3) is 0 Å². The van der Waals surface area contributed by atoms with Gasteiger partial charge in [-0.1, -0.05) is 12.1 Å². The number of fused-ring (bicyclic) bond motifs is 2. The topological polar surface area (TPSA) is 110 Å². The fraction of sp³-hybridized carbons (Fsp3) is 0.381. The molecular weight excluding hydrogens is 354 g/mol. The van der Waals surface area contributed by atoms with Crippen molar-refractivity contribution in [1.29, 1.82) is 0 Å². The number of benzene rings is 1. The number of hydrogen-bond donors (Lipinski definition) is 3. The lowest BCUT2D eigenvalue weighted by atomic mass is 9.91. The second-order valence-electron chi connectivity index (χ2n) is 8.02. The Morgan fingerprint density at radius 1 is 1.32 bits per heavy atom. The van der Waals surface area contributed by atoms with Crippen LogP contribution in [0, 0.1) is 11.3 Å². The number of nitrogens with two attached hydrogens (primary N) is 1. The highest BCUT2D eigenvalue weighted by Crippen LogP contribution is 2.69. The van der Waals surface area contributed by atoms with Crippen molar-refractivity contribution in [3.63, 3.8) is 0 Å². The third-order valence-electron chi connectivity index (χ3n) is 6.64. The first-order valence-electron chi connectivity index (χ1n) is 9.54. The first-order valence-corrected chi connectivity index (χ1v) is 9.54. The van der Waals surface area contributed by atoms with Crippen LogP contribution in [-0.4, -0.2) is 43.7 Å². The van der Waals surface area contributed by atoms with Gasteiger partial charge in [-0.3, -0.25) is 0 Å². The molecule has 2 aliphatic rings. The van der Waals surface area contributed by atoms with E-state index in [-0.39, 0.29) is 23.3 Å². The number of aliphatic hydroxyl groups is 2. The van der Waals surface area contributed by atoms with E-state index in [2.05, 4.69) is 27.7 Å². The molecule has 0 spiro atoms. The maximum absolute atomic E-state index is 10.8. The Balaban J connectivity index is 1.37. The molecule has 28 heavy (non-hydrogen) atoms. The van der Waals surface area contributed by atoms with Gasteiger partial charge in [0.1, 0.15) is 11.9 Å². The van der Waals surface area contributed by atoms with Gasteiger partial charge in [0.15, 0.2) is 0 Å². The number of aryl methyl sites for hydroxylation is 1. The average molecular weight is 377 g/mol. The SMILES string of the molecule is C=Nc1cccn1[C@H]1[C@H](O)[C@H](O)[C@@]2(CCc3ccc4cnc(N)nc4c3)C[C@H]12. The minimum absolute atomic E-state index is 0.158. The number of aromatic nitrogens is 3. The molecule has 1 aromatic carbocycles. The van der Waals surface area contributed by atoms with Crippen molar-refractivity contribution in [2.24, 2.45) is 16.3 Å². The van der Waals surface area contributed by atoms with Crippen molar-refractivity contribution < 1.29 is 10.2 Å². The van der Waals surface area contributed by atoms with Crippen LogP contribution in [0.3, 0.4) is 0 Å². The summed E-state index contributed by atoms with van der Waals surface area (Å²) >= 11 is 0. The van der Waals surface area contributed by atoms with E-state index < -0.39 is 12.2 Å². The Labute approximate surface area is 162 Å². The van der Waals surface area contributed by atoms with Crippen molar-refractivity contribution in [2.75, 3.05) is 5.73 Å². The van der Waals surface area contributed by atoms with Crippen LogP contribution in [0.15, 0.2) is 47.7 Å². The number of anilines is 1. The summed E-state index contributed by atoms with van der Waals surface area (Å²) in [6.45, 7) is 3.61. The number of aliphatic hydroxyl groups excluding tert-OH is 2. The summed E-state index contributed by atoms with van der Waals surface area (Å²) in [4.78, 5) is 12.4. The van der Waals surface area contributed by atoms with Crippen molar-refractivity contribution in [3.8, 4) is 0 Å². The number of hydrogen-bond acceptors (Lipinski definition) is 6. The molecule has 0 amide bonds. The molecule has 0 bridgehead atoms. The fourth-order valence-corrected chi connectivity index (χ4v) is 5.10.